The second-order valence-electron chi connectivity index (χ2n) is 16.4. The molecular formula is C37H61N3O7S2Si. The Morgan fingerprint density at radius 2 is 1.66 bits per heavy atom. The minimum absolute atomic E-state index is 0.143. The fourth-order valence-corrected chi connectivity index (χ4v) is 9.41. The number of esters is 1. The zero-order valence-electron chi connectivity index (χ0n) is 32.4. The number of hydrogen-bond donors (Lipinski definition) is 2. The number of amides is 3. The highest BCUT2D eigenvalue weighted by Crippen LogP contribution is 2.58. The summed E-state index contributed by atoms with van der Waals surface area (Å²) >= 11 is 3.14. The van der Waals surface area contributed by atoms with Gasteiger partial charge in [0, 0.05) is 17.6 Å². The molecular weight excluding hydrogens is 691 g/mol. The van der Waals surface area contributed by atoms with Crippen molar-refractivity contribution < 1.29 is 33.1 Å². The van der Waals surface area contributed by atoms with Crippen molar-refractivity contribution >= 4 is 55.7 Å². The average molecular weight is 752 g/mol. The smallest absolute Gasteiger partial charge is 0.412 e. The van der Waals surface area contributed by atoms with E-state index in [9.17, 15) is 19.2 Å². The van der Waals surface area contributed by atoms with Gasteiger partial charge in [0.1, 0.15) is 17.7 Å². The third kappa shape index (κ3) is 10.2. The van der Waals surface area contributed by atoms with Crippen LogP contribution in [0.25, 0.3) is 0 Å². The molecule has 1 heterocycles. The van der Waals surface area contributed by atoms with Crippen molar-refractivity contribution in [3.8, 4) is 0 Å². The van der Waals surface area contributed by atoms with Gasteiger partial charge in [-0.1, -0.05) is 58.0 Å². The molecule has 3 rings (SSSR count). The highest BCUT2D eigenvalue weighted by molar-refractivity contribution is 8.00. The Labute approximate surface area is 309 Å². The topological polar surface area (TPSA) is 123 Å². The van der Waals surface area contributed by atoms with Gasteiger partial charge >= 0.3 is 12.1 Å². The Bertz CT molecular complexity index is 1350. The molecule has 1 aliphatic heterocycles. The summed E-state index contributed by atoms with van der Waals surface area (Å²) < 4.78 is 18.0. The summed E-state index contributed by atoms with van der Waals surface area (Å²) in [4.78, 5) is 55.5. The maximum atomic E-state index is 14.3. The Balaban J connectivity index is 2.03. The van der Waals surface area contributed by atoms with Crippen molar-refractivity contribution in [3.63, 3.8) is 0 Å². The molecule has 0 unspecified atom stereocenters. The van der Waals surface area contributed by atoms with Crippen LogP contribution in [0.15, 0.2) is 30.3 Å². The highest BCUT2D eigenvalue weighted by atomic mass is 32.2. The molecule has 13 heteroatoms. The quantitative estimate of drug-likeness (QED) is 0.156. The number of nitrogens with one attached hydrogen (secondary N) is 2. The van der Waals surface area contributed by atoms with Crippen LogP contribution >= 0.6 is 23.5 Å². The zero-order chi connectivity index (χ0) is 37.8. The molecule has 1 saturated heterocycles. The molecule has 2 N–H and O–H groups in total. The van der Waals surface area contributed by atoms with E-state index in [0.29, 0.717) is 24.3 Å². The molecule has 1 saturated carbocycles. The number of hydrogen-bond acceptors (Lipinski definition) is 9. The second-order valence-corrected chi connectivity index (χ2v) is 23.8. The first-order valence-electron chi connectivity index (χ1n) is 17.7. The van der Waals surface area contributed by atoms with E-state index in [1.54, 1.807) is 16.7 Å². The lowest BCUT2D eigenvalue weighted by molar-refractivity contribution is -0.145. The summed E-state index contributed by atoms with van der Waals surface area (Å²) in [6, 6.07) is 7.96. The van der Waals surface area contributed by atoms with Gasteiger partial charge in [0.25, 0.3) is 0 Å². The van der Waals surface area contributed by atoms with Crippen LogP contribution in [0, 0.1) is 11.8 Å². The molecule has 1 aliphatic carbocycles. The lowest BCUT2D eigenvalue weighted by Gasteiger charge is -2.42. The minimum Gasteiger partial charge on any atom is -0.467 e. The van der Waals surface area contributed by atoms with E-state index in [1.807, 2.05) is 78.1 Å². The van der Waals surface area contributed by atoms with Crippen molar-refractivity contribution in [2.24, 2.45) is 11.8 Å². The van der Waals surface area contributed by atoms with Crippen LogP contribution in [0.5, 0.6) is 0 Å². The van der Waals surface area contributed by atoms with Gasteiger partial charge in [0.2, 0.25) is 11.8 Å². The Morgan fingerprint density at radius 1 is 1.04 bits per heavy atom. The van der Waals surface area contributed by atoms with Crippen LogP contribution in [0.3, 0.4) is 0 Å². The van der Waals surface area contributed by atoms with Crippen molar-refractivity contribution in [2.75, 3.05) is 24.9 Å². The molecule has 2 aliphatic rings. The summed E-state index contributed by atoms with van der Waals surface area (Å²) in [5.41, 5.74) is 0.289. The summed E-state index contributed by atoms with van der Waals surface area (Å²) in [6.45, 7) is 22.2. The van der Waals surface area contributed by atoms with Crippen molar-refractivity contribution in [2.45, 2.75) is 134 Å². The summed E-state index contributed by atoms with van der Waals surface area (Å²) in [7, 11) is -1.12. The normalized spacial score (nSPS) is 23.7. The lowest BCUT2D eigenvalue weighted by Crippen LogP contribution is -2.58. The standard InChI is InChI=1S/C37H61N3O7S2Si/c1-14-24(38-31(41)26-22-49-37(8,9)40(26)34(44)46-35(2,3)4)30(47-50(12,13)36(5,6)7)28-27(23-18-16-15-17-19-23)29(28)32(42)39-25(20-21-48-11)33(43)45-10/h15-19,24-30H,14,20-22H2,1-13H3,(H,38,41)(H,39,42)/t24-,25-,26-,27+,28-,29+,30+/m0/s1. The predicted octanol–water partition coefficient (Wildman–Crippen LogP) is 6.80. The third-order valence-electron chi connectivity index (χ3n) is 10.1. The van der Waals surface area contributed by atoms with Crippen LogP contribution in [0.1, 0.15) is 86.6 Å². The second kappa shape index (κ2) is 16.6. The number of methoxy groups -OCH3 is 1. The predicted molar refractivity (Wildman–Crippen MR) is 206 cm³/mol. The zero-order valence-corrected chi connectivity index (χ0v) is 35.0. The molecule has 0 aromatic heterocycles. The molecule has 10 nitrogen and oxygen atoms in total. The number of thioether (sulfide) groups is 2. The monoisotopic (exact) mass is 751 g/mol. The Kier molecular flexibility index (Phi) is 14.0. The van der Waals surface area contributed by atoms with E-state index in [0.717, 1.165) is 5.56 Å². The van der Waals surface area contributed by atoms with E-state index in [4.69, 9.17) is 13.9 Å². The summed E-state index contributed by atoms with van der Waals surface area (Å²) in [6.07, 6.45) is 1.92. The Morgan fingerprint density at radius 3 is 2.18 bits per heavy atom. The van der Waals surface area contributed by atoms with Gasteiger partial charge in [0.05, 0.1) is 30.0 Å². The van der Waals surface area contributed by atoms with Gasteiger partial charge in [0.15, 0.2) is 8.32 Å². The molecule has 0 bridgehead atoms. The molecule has 0 spiro atoms. The van der Waals surface area contributed by atoms with Gasteiger partial charge in [-0.15, -0.1) is 11.8 Å². The van der Waals surface area contributed by atoms with Gasteiger partial charge in [-0.2, -0.15) is 11.8 Å². The number of ether oxygens (including phenoxy) is 2. The van der Waals surface area contributed by atoms with Crippen molar-refractivity contribution in [1.29, 1.82) is 0 Å². The highest BCUT2D eigenvalue weighted by Gasteiger charge is 2.62. The molecule has 3 amide bonds. The van der Waals surface area contributed by atoms with E-state index in [1.165, 1.54) is 18.9 Å². The maximum Gasteiger partial charge on any atom is 0.412 e. The van der Waals surface area contributed by atoms with Gasteiger partial charge in [-0.25, -0.2) is 9.59 Å². The van der Waals surface area contributed by atoms with Crippen LogP contribution in [-0.4, -0.2) is 96.7 Å². The fourth-order valence-electron chi connectivity index (χ4n) is 6.38. The molecule has 1 aromatic rings. The molecule has 7 atom stereocenters. The first-order valence-corrected chi connectivity index (χ1v) is 23.0. The number of rotatable bonds is 14. The van der Waals surface area contributed by atoms with Crippen LogP contribution < -0.4 is 10.6 Å². The summed E-state index contributed by atoms with van der Waals surface area (Å²) in [5.74, 6) is -0.801. The van der Waals surface area contributed by atoms with Gasteiger partial charge in [-0.05, 0) is 83.2 Å². The minimum atomic E-state index is -2.45. The third-order valence-corrected chi connectivity index (χ3v) is 16.6. The van der Waals surface area contributed by atoms with Gasteiger partial charge in [-0.3, -0.25) is 14.5 Å². The molecule has 282 valence electrons. The average Bonchev–Trinajstić information content (AvgIpc) is 3.67. The number of carbonyl (C=O) groups excluding carboxylic acids is 4. The molecule has 1 aromatic carbocycles. The van der Waals surface area contributed by atoms with E-state index in [-0.39, 0.29) is 28.7 Å². The number of carbonyl (C=O) groups is 4. The van der Waals surface area contributed by atoms with Crippen LogP contribution in [-0.2, 0) is 28.3 Å². The fraction of sp³-hybridized carbons (Fsp3) is 0.730. The van der Waals surface area contributed by atoms with Crippen molar-refractivity contribution in [1.82, 2.24) is 15.5 Å². The molecule has 0 radical (unpaired) electrons. The van der Waals surface area contributed by atoms with Gasteiger partial charge < -0.3 is 24.5 Å². The maximum absolute atomic E-state index is 14.3. The largest absolute Gasteiger partial charge is 0.467 e. The summed E-state index contributed by atoms with van der Waals surface area (Å²) in [5, 5.41) is 6.17. The molecule has 2 fully saturated rings. The van der Waals surface area contributed by atoms with Crippen LogP contribution in [0.4, 0.5) is 4.79 Å². The van der Waals surface area contributed by atoms with E-state index < -0.39 is 61.0 Å². The number of nitrogens with zero attached hydrogens (tertiary/aromatic N) is 1. The SMILES string of the molecule is CC[C@H](NC(=O)[C@@H]1CSC(C)(C)N1C(=O)OC(C)(C)C)[C@@H](O[Si](C)(C)C(C)(C)C)[C@@H]1[C@H](C(=O)N[C@@H](CCSC)C(=O)OC)[C@@H]1c1ccccc1. The molecule has 50 heavy (non-hydrogen) atoms. The first kappa shape index (κ1) is 42.2. The Hall–Kier alpha value is -2.22. The van der Waals surface area contributed by atoms with Crippen molar-refractivity contribution in [3.05, 3.63) is 35.9 Å². The van der Waals surface area contributed by atoms with E-state index in [2.05, 4.69) is 44.5 Å². The number of benzene rings is 1. The van der Waals surface area contributed by atoms with Crippen LogP contribution in [0.2, 0.25) is 18.1 Å². The first-order chi connectivity index (χ1) is 23.1. The van der Waals surface area contributed by atoms with E-state index >= 15 is 0 Å². The lowest BCUT2D eigenvalue weighted by atomic mass is 9.99.